The molecule has 1 amide bonds. The van der Waals surface area contributed by atoms with Crippen molar-refractivity contribution in [3.63, 3.8) is 0 Å². The maximum atomic E-state index is 12.1. The molecule has 0 saturated carbocycles. The van der Waals surface area contributed by atoms with Gasteiger partial charge in [0.2, 0.25) is 5.91 Å². The third-order valence-corrected chi connectivity index (χ3v) is 4.51. The van der Waals surface area contributed by atoms with Gasteiger partial charge in [-0.2, -0.15) is 0 Å². The minimum atomic E-state index is -0.537. The van der Waals surface area contributed by atoms with Crippen LogP contribution in [-0.4, -0.2) is 56.0 Å². The van der Waals surface area contributed by atoms with Crippen molar-refractivity contribution >= 4 is 19.0 Å². The third kappa shape index (κ3) is 5.19. The second kappa shape index (κ2) is 7.64. The summed E-state index contributed by atoms with van der Waals surface area (Å²) in [6, 6.07) is 0. The van der Waals surface area contributed by atoms with Crippen molar-refractivity contribution in [2.24, 2.45) is 0 Å². The molecule has 1 fully saturated rings. The highest BCUT2D eigenvalue weighted by Gasteiger charge is 2.53. The van der Waals surface area contributed by atoms with Crippen LogP contribution >= 0.6 is 0 Å². The zero-order valence-corrected chi connectivity index (χ0v) is 15.2. The fourth-order valence-corrected chi connectivity index (χ4v) is 2.22. The quantitative estimate of drug-likeness (QED) is 0.403. The Kier molecular flexibility index (Phi) is 6.62. The van der Waals surface area contributed by atoms with E-state index in [1.807, 2.05) is 27.7 Å². The molecule has 1 saturated heterocycles. The Hall–Kier alpha value is -1.12. The van der Waals surface area contributed by atoms with Crippen molar-refractivity contribution in [2.75, 3.05) is 20.8 Å². The van der Waals surface area contributed by atoms with Crippen molar-refractivity contribution in [3.8, 4) is 0 Å². The van der Waals surface area contributed by atoms with Crippen LogP contribution in [0.4, 0.5) is 0 Å². The Bertz CT molecular complexity index is 424. The summed E-state index contributed by atoms with van der Waals surface area (Å²) in [6.07, 6.45) is 0.655. The summed E-state index contributed by atoms with van der Waals surface area (Å²) in [4.78, 5) is 28.0. The summed E-state index contributed by atoms with van der Waals surface area (Å²) >= 11 is 0. The summed E-state index contributed by atoms with van der Waals surface area (Å²) in [5.41, 5.74) is -0.957. The van der Waals surface area contributed by atoms with Crippen LogP contribution in [0, 0.1) is 0 Å². The molecule has 1 atom stereocenters. The van der Waals surface area contributed by atoms with Crippen LogP contribution in [0.25, 0.3) is 0 Å². The average molecular weight is 329 g/mol. The lowest BCUT2D eigenvalue weighted by molar-refractivity contribution is -0.168. The lowest BCUT2D eigenvalue weighted by atomic mass is 9.68. The molecule has 132 valence electrons. The maximum absolute atomic E-state index is 12.1. The summed E-state index contributed by atoms with van der Waals surface area (Å²) in [5, 5.41) is 1.17. The van der Waals surface area contributed by atoms with Gasteiger partial charge >= 0.3 is 13.1 Å². The zero-order chi connectivity index (χ0) is 17.8. The van der Waals surface area contributed by atoms with E-state index < -0.39 is 18.3 Å². The SMILES string of the molecule is CON(C)C(=O)CC(CCOC(C)=O)B1OC(C)(C)C(C)(C)O1. The number of rotatable bonds is 7. The molecular formula is C15H28BNO6. The number of hydroxylamine groups is 2. The molecular weight excluding hydrogens is 301 g/mol. The fourth-order valence-electron chi connectivity index (χ4n) is 2.22. The van der Waals surface area contributed by atoms with E-state index in [2.05, 4.69) is 0 Å². The molecule has 23 heavy (non-hydrogen) atoms. The summed E-state index contributed by atoms with van der Waals surface area (Å²) in [7, 11) is 2.45. The summed E-state index contributed by atoms with van der Waals surface area (Å²) in [6.45, 7) is 9.40. The molecule has 8 heteroatoms. The van der Waals surface area contributed by atoms with E-state index in [4.69, 9.17) is 18.9 Å². The molecule has 0 aliphatic carbocycles. The minimum Gasteiger partial charge on any atom is -0.466 e. The van der Waals surface area contributed by atoms with E-state index in [0.29, 0.717) is 6.42 Å². The number of hydrogen-bond acceptors (Lipinski definition) is 6. The molecule has 1 unspecified atom stereocenters. The van der Waals surface area contributed by atoms with Crippen molar-refractivity contribution in [3.05, 3.63) is 0 Å². The number of ether oxygens (including phenoxy) is 1. The predicted octanol–water partition coefficient (Wildman–Crippen LogP) is 1.81. The number of hydrogen-bond donors (Lipinski definition) is 0. The maximum Gasteiger partial charge on any atom is 0.461 e. The van der Waals surface area contributed by atoms with Crippen LogP contribution < -0.4 is 0 Å². The van der Waals surface area contributed by atoms with E-state index in [0.717, 1.165) is 0 Å². The molecule has 1 aliphatic rings. The van der Waals surface area contributed by atoms with E-state index in [1.54, 1.807) is 7.05 Å². The third-order valence-electron chi connectivity index (χ3n) is 4.51. The summed E-state index contributed by atoms with van der Waals surface area (Å²) in [5.74, 6) is -0.770. The van der Waals surface area contributed by atoms with Crippen molar-refractivity contribution in [1.29, 1.82) is 0 Å². The Morgan fingerprint density at radius 3 is 2.13 bits per heavy atom. The van der Waals surface area contributed by atoms with Crippen LogP contribution in [0.5, 0.6) is 0 Å². The Labute approximate surface area is 138 Å². The zero-order valence-electron chi connectivity index (χ0n) is 15.2. The highest BCUT2D eigenvalue weighted by atomic mass is 16.7. The van der Waals surface area contributed by atoms with E-state index in [-0.39, 0.29) is 30.7 Å². The smallest absolute Gasteiger partial charge is 0.461 e. The van der Waals surface area contributed by atoms with Gasteiger partial charge in [-0.25, -0.2) is 5.06 Å². The number of carbonyl (C=O) groups excluding carboxylic acids is 2. The number of esters is 1. The Morgan fingerprint density at radius 1 is 1.17 bits per heavy atom. The molecule has 0 radical (unpaired) electrons. The lowest BCUT2D eigenvalue weighted by Crippen LogP contribution is -2.41. The highest BCUT2D eigenvalue weighted by Crippen LogP contribution is 2.41. The van der Waals surface area contributed by atoms with Gasteiger partial charge in [-0.3, -0.25) is 14.4 Å². The van der Waals surface area contributed by atoms with Crippen molar-refractivity contribution in [1.82, 2.24) is 5.06 Å². The van der Waals surface area contributed by atoms with Gasteiger partial charge in [0.15, 0.2) is 0 Å². The first-order valence-corrected chi connectivity index (χ1v) is 7.80. The second-order valence-electron chi connectivity index (χ2n) is 6.79. The molecule has 0 aromatic heterocycles. The van der Waals surface area contributed by atoms with Gasteiger partial charge in [0.05, 0.1) is 24.9 Å². The van der Waals surface area contributed by atoms with Crippen LogP contribution in [0.2, 0.25) is 5.82 Å². The largest absolute Gasteiger partial charge is 0.466 e. The van der Waals surface area contributed by atoms with Gasteiger partial charge in [-0.05, 0) is 34.1 Å². The second-order valence-corrected chi connectivity index (χ2v) is 6.79. The van der Waals surface area contributed by atoms with Gasteiger partial charge in [-0.1, -0.05) is 0 Å². The molecule has 0 aromatic carbocycles. The lowest BCUT2D eigenvalue weighted by Gasteiger charge is -2.32. The van der Waals surface area contributed by atoms with Gasteiger partial charge in [0.25, 0.3) is 0 Å². The average Bonchev–Trinajstić information content (AvgIpc) is 2.64. The van der Waals surface area contributed by atoms with Crippen LogP contribution in [-0.2, 0) is 28.5 Å². The summed E-state index contributed by atoms with van der Waals surface area (Å²) < 4.78 is 17.0. The first-order chi connectivity index (χ1) is 10.5. The van der Waals surface area contributed by atoms with E-state index in [1.165, 1.54) is 19.1 Å². The monoisotopic (exact) mass is 329 g/mol. The predicted molar refractivity (Wildman–Crippen MR) is 85.5 cm³/mol. The molecule has 1 aliphatic heterocycles. The fraction of sp³-hybridized carbons (Fsp3) is 0.867. The molecule has 0 N–H and O–H groups in total. The van der Waals surface area contributed by atoms with Crippen LogP contribution in [0.3, 0.4) is 0 Å². The standard InChI is InChI=1S/C15H28BNO6/c1-11(18)21-9-8-12(10-13(19)17(6)20-7)16-22-14(2,3)15(4,5)23-16/h12H,8-10H2,1-7H3. The van der Waals surface area contributed by atoms with E-state index in [9.17, 15) is 9.59 Å². The van der Waals surface area contributed by atoms with Crippen molar-refractivity contribution in [2.45, 2.75) is 64.5 Å². The van der Waals surface area contributed by atoms with E-state index >= 15 is 0 Å². The number of nitrogens with zero attached hydrogens (tertiary/aromatic N) is 1. The van der Waals surface area contributed by atoms with Crippen LogP contribution in [0.15, 0.2) is 0 Å². The molecule has 1 rings (SSSR count). The normalized spacial score (nSPS) is 20.2. The van der Waals surface area contributed by atoms with Crippen LogP contribution in [0.1, 0.15) is 47.5 Å². The number of carbonyl (C=O) groups is 2. The first-order valence-electron chi connectivity index (χ1n) is 7.80. The molecule has 7 nitrogen and oxygen atoms in total. The van der Waals surface area contributed by atoms with Gasteiger partial charge in [0.1, 0.15) is 0 Å². The molecule has 0 aromatic rings. The Morgan fingerprint density at radius 2 is 1.70 bits per heavy atom. The van der Waals surface area contributed by atoms with Crippen molar-refractivity contribution < 1.29 is 28.5 Å². The van der Waals surface area contributed by atoms with Gasteiger partial charge in [0, 0.05) is 26.2 Å². The topological polar surface area (TPSA) is 74.3 Å². The molecule has 0 spiro atoms. The molecule has 0 bridgehead atoms. The minimum absolute atomic E-state index is 0.183. The van der Waals surface area contributed by atoms with Gasteiger partial charge in [-0.15, -0.1) is 0 Å². The Balaban J connectivity index is 2.79. The number of amides is 1. The first kappa shape index (κ1) is 19.9. The van der Waals surface area contributed by atoms with Gasteiger partial charge < -0.3 is 14.0 Å². The highest BCUT2D eigenvalue weighted by molar-refractivity contribution is 6.47. The molecule has 1 heterocycles.